The molecule has 0 saturated carbocycles. The van der Waals surface area contributed by atoms with Gasteiger partial charge in [-0.2, -0.15) is 5.10 Å². The highest BCUT2D eigenvalue weighted by Crippen LogP contribution is 2.36. The summed E-state index contributed by atoms with van der Waals surface area (Å²) in [5, 5.41) is 10.3. The van der Waals surface area contributed by atoms with E-state index in [-0.39, 0.29) is 11.9 Å². The molecule has 1 atom stereocenters. The predicted molar refractivity (Wildman–Crippen MR) is 88.2 cm³/mol. The van der Waals surface area contributed by atoms with Crippen LogP contribution < -0.4 is 0 Å². The van der Waals surface area contributed by atoms with E-state index >= 15 is 0 Å². The third-order valence-corrected chi connectivity index (χ3v) is 5.41. The van der Waals surface area contributed by atoms with Crippen molar-refractivity contribution in [3.05, 3.63) is 51.8 Å². The van der Waals surface area contributed by atoms with Crippen LogP contribution >= 0.6 is 11.3 Å². The van der Waals surface area contributed by atoms with Gasteiger partial charge in [-0.3, -0.25) is 9.89 Å². The molecule has 0 aliphatic carbocycles. The number of para-hydroxylation sites is 1. The number of hydrogen-bond acceptors (Lipinski definition) is 3. The fourth-order valence-corrected chi connectivity index (χ4v) is 4.27. The first-order chi connectivity index (χ1) is 10.8. The number of hydrogen-bond donors (Lipinski definition) is 1. The number of aromatic nitrogens is 2. The number of amides is 1. The van der Waals surface area contributed by atoms with Crippen LogP contribution in [0, 0.1) is 0 Å². The molecule has 1 amide bonds. The molecule has 1 N–H and O–H groups in total. The Morgan fingerprint density at radius 3 is 3.14 bits per heavy atom. The number of benzene rings is 1. The second kappa shape index (κ2) is 5.25. The van der Waals surface area contributed by atoms with Crippen molar-refractivity contribution in [2.24, 2.45) is 0 Å². The van der Waals surface area contributed by atoms with Crippen molar-refractivity contribution in [2.45, 2.75) is 25.8 Å². The van der Waals surface area contributed by atoms with Gasteiger partial charge in [0.2, 0.25) is 0 Å². The molecular formula is C17H17N3OS. The molecule has 3 heterocycles. The van der Waals surface area contributed by atoms with E-state index in [0.717, 1.165) is 30.3 Å². The lowest BCUT2D eigenvalue weighted by Gasteiger charge is -2.35. The van der Waals surface area contributed by atoms with E-state index in [2.05, 4.69) is 28.6 Å². The van der Waals surface area contributed by atoms with Gasteiger partial charge in [-0.15, -0.1) is 11.3 Å². The number of nitrogens with zero attached hydrogens (tertiary/aromatic N) is 2. The van der Waals surface area contributed by atoms with Crippen molar-refractivity contribution >= 4 is 28.1 Å². The molecule has 1 unspecified atom stereocenters. The molecule has 0 bridgehead atoms. The maximum Gasteiger partial charge on any atom is 0.275 e. The van der Waals surface area contributed by atoms with Gasteiger partial charge in [-0.25, -0.2) is 0 Å². The normalized spacial score (nSPS) is 17.7. The SMILES string of the molecule is CCC1c2ccsc2CCN1C(=O)c1n[nH]c2ccccc12. The summed E-state index contributed by atoms with van der Waals surface area (Å²) in [7, 11) is 0. The Kier molecular flexibility index (Phi) is 3.22. The van der Waals surface area contributed by atoms with Crippen LogP contribution in [0.5, 0.6) is 0 Å². The minimum atomic E-state index is 0.0288. The average molecular weight is 311 g/mol. The van der Waals surface area contributed by atoms with Gasteiger partial charge in [0.25, 0.3) is 5.91 Å². The molecule has 1 aromatic carbocycles. The van der Waals surface area contributed by atoms with Crippen molar-refractivity contribution in [3.63, 3.8) is 0 Å². The highest BCUT2D eigenvalue weighted by atomic mass is 32.1. The third-order valence-electron chi connectivity index (χ3n) is 4.42. The Morgan fingerprint density at radius 2 is 2.27 bits per heavy atom. The number of carbonyl (C=O) groups excluding carboxylic acids is 1. The summed E-state index contributed by atoms with van der Waals surface area (Å²) in [6, 6.07) is 10.1. The zero-order valence-corrected chi connectivity index (χ0v) is 13.2. The summed E-state index contributed by atoms with van der Waals surface area (Å²) in [5.74, 6) is 0.0288. The Labute approximate surface area is 132 Å². The molecule has 0 spiro atoms. The minimum Gasteiger partial charge on any atom is -0.330 e. The molecule has 1 aliphatic heterocycles. The summed E-state index contributed by atoms with van der Waals surface area (Å²) >= 11 is 1.80. The van der Waals surface area contributed by atoms with Gasteiger partial charge in [0, 0.05) is 16.8 Å². The van der Waals surface area contributed by atoms with Gasteiger partial charge in [0.1, 0.15) is 0 Å². The third kappa shape index (κ3) is 1.96. The zero-order valence-electron chi connectivity index (χ0n) is 12.4. The van der Waals surface area contributed by atoms with Crippen LogP contribution in [0.25, 0.3) is 10.9 Å². The van der Waals surface area contributed by atoms with Gasteiger partial charge in [-0.1, -0.05) is 25.1 Å². The fraction of sp³-hybridized carbons (Fsp3) is 0.294. The smallest absolute Gasteiger partial charge is 0.275 e. The molecule has 1 aliphatic rings. The standard InChI is InChI=1S/C17H17N3OS/c1-2-14-12-8-10-22-15(12)7-9-20(14)17(21)16-11-5-3-4-6-13(11)18-19-16/h3-6,8,10,14H,2,7,9H2,1H3,(H,18,19). The Hall–Kier alpha value is -2.14. The molecule has 3 aromatic rings. The van der Waals surface area contributed by atoms with Crippen LogP contribution in [0.1, 0.15) is 40.3 Å². The minimum absolute atomic E-state index is 0.0288. The summed E-state index contributed by atoms with van der Waals surface area (Å²) in [4.78, 5) is 16.4. The fourth-order valence-electron chi connectivity index (χ4n) is 3.34. The lowest BCUT2D eigenvalue weighted by Crippen LogP contribution is -2.39. The Balaban J connectivity index is 1.74. The van der Waals surface area contributed by atoms with E-state index in [9.17, 15) is 4.79 Å². The van der Waals surface area contributed by atoms with E-state index in [4.69, 9.17) is 0 Å². The number of thiophene rings is 1. The average Bonchev–Trinajstić information content (AvgIpc) is 3.19. The number of nitrogens with one attached hydrogen (secondary N) is 1. The van der Waals surface area contributed by atoms with E-state index in [1.54, 1.807) is 11.3 Å². The predicted octanol–water partition coefficient (Wildman–Crippen LogP) is 3.77. The number of carbonyl (C=O) groups is 1. The second-order valence-corrected chi connectivity index (χ2v) is 6.59. The molecule has 112 valence electrons. The van der Waals surface area contributed by atoms with Crippen molar-refractivity contribution in [1.29, 1.82) is 0 Å². The summed E-state index contributed by atoms with van der Waals surface area (Å²) in [6.07, 6.45) is 1.87. The highest BCUT2D eigenvalue weighted by Gasteiger charge is 2.32. The van der Waals surface area contributed by atoms with Gasteiger partial charge in [0.05, 0.1) is 11.6 Å². The van der Waals surface area contributed by atoms with Gasteiger partial charge in [-0.05, 0) is 35.9 Å². The first-order valence-electron chi connectivity index (χ1n) is 7.60. The lowest BCUT2D eigenvalue weighted by atomic mass is 9.97. The van der Waals surface area contributed by atoms with E-state index in [0.29, 0.717) is 5.69 Å². The molecule has 0 radical (unpaired) electrons. The first-order valence-corrected chi connectivity index (χ1v) is 8.48. The monoisotopic (exact) mass is 311 g/mol. The van der Waals surface area contributed by atoms with Crippen LogP contribution in [-0.2, 0) is 6.42 Å². The topological polar surface area (TPSA) is 49.0 Å². The van der Waals surface area contributed by atoms with Crippen molar-refractivity contribution in [1.82, 2.24) is 15.1 Å². The van der Waals surface area contributed by atoms with Crippen molar-refractivity contribution in [3.8, 4) is 0 Å². The maximum absolute atomic E-state index is 13.0. The van der Waals surface area contributed by atoms with Crippen LogP contribution in [0.3, 0.4) is 0 Å². The zero-order chi connectivity index (χ0) is 15.1. The second-order valence-electron chi connectivity index (χ2n) is 5.59. The molecule has 4 rings (SSSR count). The lowest BCUT2D eigenvalue weighted by molar-refractivity contribution is 0.0653. The van der Waals surface area contributed by atoms with Crippen LogP contribution in [0.4, 0.5) is 0 Å². The Bertz CT molecular complexity index is 835. The van der Waals surface area contributed by atoms with Gasteiger partial charge in [0.15, 0.2) is 5.69 Å². The molecular weight excluding hydrogens is 294 g/mol. The molecule has 5 heteroatoms. The quantitative estimate of drug-likeness (QED) is 0.783. The van der Waals surface area contributed by atoms with Gasteiger partial charge >= 0.3 is 0 Å². The Morgan fingerprint density at radius 1 is 1.41 bits per heavy atom. The number of rotatable bonds is 2. The summed E-state index contributed by atoms with van der Waals surface area (Å²) < 4.78 is 0. The van der Waals surface area contributed by atoms with E-state index in [1.807, 2.05) is 29.2 Å². The number of aromatic amines is 1. The highest BCUT2D eigenvalue weighted by molar-refractivity contribution is 7.10. The van der Waals surface area contributed by atoms with Crippen molar-refractivity contribution < 1.29 is 4.79 Å². The van der Waals surface area contributed by atoms with Gasteiger partial charge < -0.3 is 4.90 Å². The van der Waals surface area contributed by atoms with Crippen LogP contribution in [0.15, 0.2) is 35.7 Å². The molecule has 0 fully saturated rings. The summed E-state index contributed by atoms with van der Waals surface area (Å²) in [5.41, 5.74) is 2.76. The maximum atomic E-state index is 13.0. The van der Waals surface area contributed by atoms with Crippen LogP contribution in [0.2, 0.25) is 0 Å². The van der Waals surface area contributed by atoms with Crippen LogP contribution in [-0.4, -0.2) is 27.5 Å². The molecule has 22 heavy (non-hydrogen) atoms. The van der Waals surface area contributed by atoms with E-state index in [1.165, 1.54) is 10.4 Å². The van der Waals surface area contributed by atoms with Crippen molar-refractivity contribution in [2.75, 3.05) is 6.54 Å². The molecule has 2 aromatic heterocycles. The first kappa shape index (κ1) is 13.5. The molecule has 4 nitrogen and oxygen atoms in total. The largest absolute Gasteiger partial charge is 0.330 e. The number of H-pyrrole nitrogens is 1. The number of fused-ring (bicyclic) bond motifs is 2. The summed E-state index contributed by atoms with van der Waals surface area (Å²) in [6.45, 7) is 2.91. The van der Waals surface area contributed by atoms with E-state index < -0.39 is 0 Å². The molecule has 0 saturated heterocycles.